The second-order valence-corrected chi connectivity index (χ2v) is 3.70. The number of rotatable bonds is 6. The van der Waals surface area contributed by atoms with E-state index in [0.29, 0.717) is 18.7 Å². The Morgan fingerprint density at radius 1 is 1.24 bits per heavy atom. The Labute approximate surface area is 98.8 Å². The number of ether oxygens (including phenoxy) is 1. The van der Waals surface area contributed by atoms with E-state index in [1.54, 1.807) is 7.05 Å². The van der Waals surface area contributed by atoms with Crippen LogP contribution in [0.2, 0.25) is 0 Å². The van der Waals surface area contributed by atoms with Gasteiger partial charge in [-0.2, -0.15) is 0 Å². The third-order valence-electron chi connectivity index (χ3n) is 2.37. The van der Waals surface area contributed by atoms with E-state index in [1.165, 1.54) is 0 Å². The first kappa shape index (κ1) is 14.0. The molecule has 0 aliphatic rings. The second kappa shape index (κ2) is 6.61. The fraction of sp³-hybridized carbons (Fsp3) is 0.500. The van der Waals surface area contributed by atoms with Crippen LogP contribution in [0.1, 0.15) is 24.9 Å². The molecule has 1 unspecified atom stereocenters. The molecule has 0 aromatic heterocycles. The van der Waals surface area contributed by atoms with E-state index in [-0.39, 0.29) is 12.2 Å². The van der Waals surface area contributed by atoms with Crippen LogP contribution in [0.15, 0.2) is 12.1 Å². The van der Waals surface area contributed by atoms with Gasteiger partial charge in [-0.15, -0.1) is 0 Å². The first-order valence-corrected chi connectivity index (χ1v) is 5.49. The monoisotopic (exact) mass is 247 g/mol. The summed E-state index contributed by atoms with van der Waals surface area (Å²) in [7, 11) is 1.57. The molecule has 0 spiro atoms. The van der Waals surface area contributed by atoms with Crippen molar-refractivity contribution >= 4 is 0 Å². The highest BCUT2D eigenvalue weighted by Gasteiger charge is 2.20. The summed E-state index contributed by atoms with van der Waals surface area (Å²) < 4.78 is 45.0. The molecule has 17 heavy (non-hydrogen) atoms. The summed E-state index contributed by atoms with van der Waals surface area (Å²) in [5.41, 5.74) is -0.190. The summed E-state index contributed by atoms with van der Waals surface area (Å²) in [5.74, 6) is -2.73. The second-order valence-electron chi connectivity index (χ2n) is 3.70. The molecule has 0 fully saturated rings. The number of benzene rings is 1. The molecule has 5 heteroatoms. The number of halogens is 3. The molecular weight excluding hydrogens is 231 g/mol. The van der Waals surface area contributed by atoms with E-state index in [2.05, 4.69) is 5.32 Å². The number of nitrogens with one attached hydrogen (secondary N) is 1. The van der Waals surface area contributed by atoms with Crippen molar-refractivity contribution in [1.82, 2.24) is 5.32 Å². The van der Waals surface area contributed by atoms with Crippen molar-refractivity contribution in [2.24, 2.45) is 0 Å². The molecule has 0 aliphatic carbocycles. The summed E-state index contributed by atoms with van der Waals surface area (Å²) in [6, 6.07) is 0.715. The first-order valence-electron chi connectivity index (χ1n) is 5.49. The Balaban J connectivity index is 2.87. The van der Waals surface area contributed by atoms with Gasteiger partial charge in [0.1, 0.15) is 17.5 Å². The molecule has 0 aliphatic heterocycles. The lowest BCUT2D eigenvalue weighted by Gasteiger charge is -2.18. The maximum Gasteiger partial charge on any atom is 0.133 e. The molecule has 1 rings (SSSR count). The lowest BCUT2D eigenvalue weighted by atomic mass is 10.1. The van der Waals surface area contributed by atoms with E-state index in [4.69, 9.17) is 4.74 Å². The van der Waals surface area contributed by atoms with Crippen LogP contribution < -0.4 is 5.32 Å². The van der Waals surface area contributed by atoms with Crippen LogP contribution in [0.3, 0.4) is 0 Å². The van der Waals surface area contributed by atoms with Crippen molar-refractivity contribution in [2.45, 2.75) is 19.4 Å². The van der Waals surface area contributed by atoms with Crippen LogP contribution in [0.5, 0.6) is 0 Å². The summed E-state index contributed by atoms with van der Waals surface area (Å²) >= 11 is 0. The third-order valence-corrected chi connectivity index (χ3v) is 2.37. The van der Waals surface area contributed by atoms with Crippen molar-refractivity contribution in [3.05, 3.63) is 35.1 Å². The molecule has 0 bridgehead atoms. The minimum Gasteiger partial charge on any atom is -0.379 e. The van der Waals surface area contributed by atoms with Crippen molar-refractivity contribution in [3.8, 4) is 0 Å². The smallest absolute Gasteiger partial charge is 0.133 e. The van der Waals surface area contributed by atoms with Gasteiger partial charge in [0.25, 0.3) is 0 Å². The lowest BCUT2D eigenvalue weighted by Crippen LogP contribution is -2.24. The average Bonchev–Trinajstić information content (AvgIpc) is 2.25. The van der Waals surface area contributed by atoms with Crippen molar-refractivity contribution in [2.75, 3.05) is 20.3 Å². The van der Waals surface area contributed by atoms with Gasteiger partial charge in [0, 0.05) is 24.3 Å². The lowest BCUT2D eigenvalue weighted by molar-refractivity contribution is 0.112. The van der Waals surface area contributed by atoms with E-state index in [0.717, 1.165) is 6.42 Å². The fourth-order valence-corrected chi connectivity index (χ4v) is 1.54. The largest absolute Gasteiger partial charge is 0.379 e. The Bertz CT molecular complexity index is 348. The highest BCUT2D eigenvalue weighted by atomic mass is 19.1. The first-order chi connectivity index (χ1) is 8.10. The van der Waals surface area contributed by atoms with Crippen LogP contribution in [0.25, 0.3) is 0 Å². The van der Waals surface area contributed by atoms with Crippen LogP contribution in [-0.4, -0.2) is 20.3 Å². The van der Waals surface area contributed by atoms with Gasteiger partial charge >= 0.3 is 0 Å². The molecule has 0 saturated carbocycles. The van der Waals surface area contributed by atoms with E-state index in [9.17, 15) is 13.2 Å². The topological polar surface area (TPSA) is 21.3 Å². The highest BCUT2D eigenvalue weighted by molar-refractivity contribution is 5.24. The van der Waals surface area contributed by atoms with Gasteiger partial charge in [0.05, 0.1) is 12.6 Å². The summed E-state index contributed by atoms with van der Waals surface area (Å²) in [4.78, 5) is 0. The standard InChI is InChI=1S/C12H16F3NO/c1-3-4-17-7-11(16-2)12-9(14)5-8(13)6-10(12)15/h5-6,11,16H,3-4,7H2,1-2H3. The van der Waals surface area contributed by atoms with Crippen LogP contribution in [0.4, 0.5) is 13.2 Å². The van der Waals surface area contributed by atoms with Crippen molar-refractivity contribution in [1.29, 1.82) is 0 Å². The molecule has 0 radical (unpaired) electrons. The minimum atomic E-state index is -0.923. The summed E-state index contributed by atoms with van der Waals surface area (Å²) in [6.45, 7) is 2.60. The summed E-state index contributed by atoms with van der Waals surface area (Å²) in [5, 5.41) is 2.75. The maximum absolute atomic E-state index is 13.5. The quantitative estimate of drug-likeness (QED) is 0.780. The Kier molecular flexibility index (Phi) is 5.44. The van der Waals surface area contributed by atoms with Crippen molar-refractivity contribution in [3.63, 3.8) is 0 Å². The van der Waals surface area contributed by atoms with E-state index < -0.39 is 23.5 Å². The molecule has 1 aromatic carbocycles. The predicted molar refractivity (Wildman–Crippen MR) is 59.2 cm³/mol. The molecular formula is C12H16F3NO. The van der Waals surface area contributed by atoms with Gasteiger partial charge in [0.15, 0.2) is 0 Å². The van der Waals surface area contributed by atoms with Crippen molar-refractivity contribution < 1.29 is 17.9 Å². The average molecular weight is 247 g/mol. The van der Waals surface area contributed by atoms with E-state index >= 15 is 0 Å². The molecule has 0 saturated heterocycles. The molecule has 0 amide bonds. The van der Waals surface area contributed by atoms with Gasteiger partial charge < -0.3 is 10.1 Å². The molecule has 96 valence electrons. The Hall–Kier alpha value is -1.07. The van der Waals surface area contributed by atoms with Crippen LogP contribution in [0, 0.1) is 17.5 Å². The number of hydrogen-bond acceptors (Lipinski definition) is 2. The van der Waals surface area contributed by atoms with Crippen LogP contribution >= 0.6 is 0 Å². The molecule has 1 N–H and O–H groups in total. The zero-order valence-corrected chi connectivity index (χ0v) is 9.90. The van der Waals surface area contributed by atoms with Gasteiger partial charge in [-0.1, -0.05) is 6.92 Å². The van der Waals surface area contributed by atoms with Crippen LogP contribution in [-0.2, 0) is 4.74 Å². The zero-order valence-electron chi connectivity index (χ0n) is 9.90. The number of hydrogen-bond donors (Lipinski definition) is 1. The fourth-order valence-electron chi connectivity index (χ4n) is 1.54. The van der Waals surface area contributed by atoms with Gasteiger partial charge in [-0.05, 0) is 13.5 Å². The normalized spacial score (nSPS) is 12.8. The molecule has 2 nitrogen and oxygen atoms in total. The molecule has 1 aromatic rings. The Morgan fingerprint density at radius 2 is 1.82 bits per heavy atom. The van der Waals surface area contributed by atoms with Gasteiger partial charge in [0.2, 0.25) is 0 Å². The van der Waals surface area contributed by atoms with E-state index in [1.807, 2.05) is 6.92 Å². The predicted octanol–water partition coefficient (Wildman–Crippen LogP) is 2.79. The molecule has 1 atom stereocenters. The SMILES string of the molecule is CCCOCC(NC)c1c(F)cc(F)cc1F. The minimum absolute atomic E-state index is 0.143. The zero-order chi connectivity index (χ0) is 12.8. The van der Waals surface area contributed by atoms with Gasteiger partial charge in [-0.3, -0.25) is 0 Å². The third kappa shape index (κ3) is 3.71. The summed E-state index contributed by atoms with van der Waals surface area (Å²) in [6.07, 6.45) is 0.824. The maximum atomic E-state index is 13.5. The highest BCUT2D eigenvalue weighted by Crippen LogP contribution is 2.22. The number of likely N-dealkylation sites (N-methyl/N-ethyl adjacent to an activating group) is 1. The Morgan fingerprint density at radius 3 is 2.29 bits per heavy atom. The molecule has 0 heterocycles. The van der Waals surface area contributed by atoms with Gasteiger partial charge in [-0.25, -0.2) is 13.2 Å².